The van der Waals surface area contributed by atoms with Crippen molar-refractivity contribution in [2.75, 3.05) is 44.8 Å². The van der Waals surface area contributed by atoms with Gasteiger partial charge >= 0.3 is 0 Å². The molecule has 2 saturated heterocycles. The highest BCUT2D eigenvalue weighted by atomic mass is 16.5. The highest BCUT2D eigenvalue weighted by molar-refractivity contribution is 5.42. The standard InChI is InChI=1S/C20H28N4O2/c1-23-8-7-21-19(23)13-24-9-10-25-16-20(15-24)11-17(14-26-20)12-22-18-5-3-2-4-6-18/h2-8,17,22H,9-16H2,1H3/t17-,20-/m1/s1. The van der Waals surface area contributed by atoms with E-state index >= 15 is 0 Å². The summed E-state index contributed by atoms with van der Waals surface area (Å²) >= 11 is 0. The summed E-state index contributed by atoms with van der Waals surface area (Å²) in [5.41, 5.74) is 0.979. The molecule has 1 aromatic carbocycles. The van der Waals surface area contributed by atoms with Gasteiger partial charge in [-0.3, -0.25) is 4.90 Å². The van der Waals surface area contributed by atoms with Crippen LogP contribution >= 0.6 is 0 Å². The molecule has 26 heavy (non-hydrogen) atoms. The van der Waals surface area contributed by atoms with Crippen molar-refractivity contribution < 1.29 is 9.47 Å². The van der Waals surface area contributed by atoms with Crippen LogP contribution in [-0.2, 0) is 23.1 Å². The molecule has 3 heterocycles. The lowest BCUT2D eigenvalue weighted by molar-refractivity contribution is -0.0564. The number of benzene rings is 1. The fourth-order valence-electron chi connectivity index (χ4n) is 3.97. The fourth-order valence-corrected chi connectivity index (χ4v) is 3.97. The maximum Gasteiger partial charge on any atom is 0.122 e. The number of rotatable bonds is 5. The normalized spacial score (nSPS) is 26.9. The molecular formula is C20H28N4O2. The van der Waals surface area contributed by atoms with Gasteiger partial charge in [-0.15, -0.1) is 0 Å². The third kappa shape index (κ3) is 4.09. The highest BCUT2D eigenvalue weighted by Crippen LogP contribution is 2.33. The summed E-state index contributed by atoms with van der Waals surface area (Å²) in [6.45, 7) is 5.83. The van der Waals surface area contributed by atoms with E-state index in [0.717, 1.165) is 51.6 Å². The lowest BCUT2D eigenvalue weighted by atomic mass is 9.94. The van der Waals surface area contributed by atoms with Gasteiger partial charge in [0, 0.05) is 50.7 Å². The van der Waals surface area contributed by atoms with Crippen LogP contribution in [0, 0.1) is 5.92 Å². The molecule has 0 amide bonds. The molecule has 140 valence electrons. The number of aryl methyl sites for hydroxylation is 1. The van der Waals surface area contributed by atoms with Gasteiger partial charge in [-0.2, -0.15) is 0 Å². The van der Waals surface area contributed by atoms with E-state index in [4.69, 9.17) is 9.47 Å². The van der Waals surface area contributed by atoms with E-state index in [-0.39, 0.29) is 5.60 Å². The summed E-state index contributed by atoms with van der Waals surface area (Å²) < 4.78 is 14.3. The molecule has 2 aromatic rings. The lowest BCUT2D eigenvalue weighted by Gasteiger charge is -2.31. The highest BCUT2D eigenvalue weighted by Gasteiger charge is 2.43. The molecule has 0 radical (unpaired) electrons. The number of hydrogen-bond acceptors (Lipinski definition) is 5. The van der Waals surface area contributed by atoms with Gasteiger partial charge in [-0.25, -0.2) is 4.98 Å². The first-order valence-corrected chi connectivity index (χ1v) is 9.42. The third-order valence-corrected chi connectivity index (χ3v) is 5.37. The second kappa shape index (κ2) is 7.78. The average Bonchev–Trinajstić information content (AvgIpc) is 3.18. The van der Waals surface area contributed by atoms with Gasteiger partial charge in [0.1, 0.15) is 11.4 Å². The van der Waals surface area contributed by atoms with E-state index in [1.54, 1.807) is 0 Å². The molecule has 0 bridgehead atoms. The van der Waals surface area contributed by atoms with Crippen LogP contribution in [0.4, 0.5) is 5.69 Å². The number of ether oxygens (including phenoxy) is 2. The largest absolute Gasteiger partial charge is 0.385 e. The summed E-state index contributed by atoms with van der Waals surface area (Å²) in [5.74, 6) is 1.59. The van der Waals surface area contributed by atoms with Crippen molar-refractivity contribution in [1.82, 2.24) is 14.5 Å². The molecule has 0 saturated carbocycles. The number of imidazole rings is 1. The topological polar surface area (TPSA) is 51.5 Å². The summed E-state index contributed by atoms with van der Waals surface area (Å²) in [5, 5.41) is 3.53. The quantitative estimate of drug-likeness (QED) is 0.890. The van der Waals surface area contributed by atoms with Crippen molar-refractivity contribution in [2.24, 2.45) is 13.0 Å². The molecule has 1 N–H and O–H groups in total. The van der Waals surface area contributed by atoms with Crippen LogP contribution < -0.4 is 5.32 Å². The second-order valence-corrected chi connectivity index (χ2v) is 7.53. The molecule has 1 aromatic heterocycles. The van der Waals surface area contributed by atoms with Crippen molar-refractivity contribution in [3.8, 4) is 0 Å². The Hall–Kier alpha value is -1.89. The van der Waals surface area contributed by atoms with Crippen molar-refractivity contribution in [3.05, 3.63) is 48.5 Å². The van der Waals surface area contributed by atoms with Gasteiger partial charge < -0.3 is 19.4 Å². The molecule has 2 aliphatic heterocycles. The molecular weight excluding hydrogens is 328 g/mol. The summed E-state index contributed by atoms with van der Waals surface area (Å²) in [6, 6.07) is 10.4. The minimum atomic E-state index is -0.190. The average molecular weight is 356 g/mol. The predicted octanol–water partition coefficient (Wildman–Crippen LogP) is 2.14. The molecule has 6 heteroatoms. The Kier molecular flexibility index (Phi) is 5.24. The molecule has 2 aliphatic rings. The Morgan fingerprint density at radius 1 is 1.31 bits per heavy atom. The van der Waals surface area contributed by atoms with Crippen molar-refractivity contribution >= 4 is 5.69 Å². The minimum absolute atomic E-state index is 0.190. The van der Waals surface area contributed by atoms with Crippen LogP contribution in [-0.4, -0.2) is 59.5 Å². The summed E-state index contributed by atoms with van der Waals surface area (Å²) in [7, 11) is 2.05. The van der Waals surface area contributed by atoms with Gasteiger partial charge in [0.05, 0.1) is 26.4 Å². The Balaban J connectivity index is 1.35. The maximum absolute atomic E-state index is 6.31. The monoisotopic (exact) mass is 356 g/mol. The molecule has 2 atom stereocenters. The van der Waals surface area contributed by atoms with Gasteiger partial charge in [-0.1, -0.05) is 18.2 Å². The zero-order valence-corrected chi connectivity index (χ0v) is 15.4. The Bertz CT molecular complexity index is 705. The third-order valence-electron chi connectivity index (χ3n) is 5.37. The maximum atomic E-state index is 6.31. The van der Waals surface area contributed by atoms with Crippen LogP contribution in [0.3, 0.4) is 0 Å². The number of nitrogens with zero attached hydrogens (tertiary/aromatic N) is 3. The first kappa shape index (κ1) is 17.5. The van der Waals surface area contributed by atoms with Gasteiger partial charge in [0.2, 0.25) is 0 Å². The molecule has 6 nitrogen and oxygen atoms in total. The van der Waals surface area contributed by atoms with E-state index in [1.165, 1.54) is 5.69 Å². The molecule has 4 rings (SSSR count). The van der Waals surface area contributed by atoms with Crippen molar-refractivity contribution in [1.29, 1.82) is 0 Å². The van der Waals surface area contributed by atoms with E-state index in [9.17, 15) is 0 Å². The van der Waals surface area contributed by atoms with Crippen LogP contribution in [0.15, 0.2) is 42.7 Å². The predicted molar refractivity (Wildman–Crippen MR) is 101 cm³/mol. The van der Waals surface area contributed by atoms with Crippen LogP contribution in [0.1, 0.15) is 12.2 Å². The molecule has 2 fully saturated rings. The van der Waals surface area contributed by atoms with E-state index in [0.29, 0.717) is 12.5 Å². The van der Waals surface area contributed by atoms with E-state index in [2.05, 4.69) is 44.0 Å². The molecule has 0 aliphatic carbocycles. The zero-order valence-electron chi connectivity index (χ0n) is 15.4. The Morgan fingerprint density at radius 2 is 2.19 bits per heavy atom. The van der Waals surface area contributed by atoms with Crippen molar-refractivity contribution in [2.45, 2.75) is 18.6 Å². The molecule has 1 spiro atoms. The number of aromatic nitrogens is 2. The molecule has 0 unspecified atom stereocenters. The minimum Gasteiger partial charge on any atom is -0.385 e. The fraction of sp³-hybridized carbons (Fsp3) is 0.550. The Morgan fingerprint density at radius 3 is 3.00 bits per heavy atom. The number of nitrogens with one attached hydrogen (secondary N) is 1. The van der Waals surface area contributed by atoms with Gasteiger partial charge in [0.15, 0.2) is 0 Å². The van der Waals surface area contributed by atoms with E-state index in [1.807, 2.05) is 25.5 Å². The smallest absolute Gasteiger partial charge is 0.122 e. The van der Waals surface area contributed by atoms with Crippen LogP contribution in [0.25, 0.3) is 0 Å². The van der Waals surface area contributed by atoms with Gasteiger partial charge in [-0.05, 0) is 18.6 Å². The first-order chi connectivity index (χ1) is 12.7. The lowest BCUT2D eigenvalue weighted by Crippen LogP contribution is -2.44. The van der Waals surface area contributed by atoms with E-state index < -0.39 is 0 Å². The second-order valence-electron chi connectivity index (χ2n) is 7.53. The number of para-hydroxylation sites is 1. The number of hydrogen-bond donors (Lipinski definition) is 1. The zero-order chi connectivity index (χ0) is 17.8. The van der Waals surface area contributed by atoms with Gasteiger partial charge in [0.25, 0.3) is 0 Å². The van der Waals surface area contributed by atoms with Crippen LogP contribution in [0.2, 0.25) is 0 Å². The summed E-state index contributed by atoms with van der Waals surface area (Å²) in [4.78, 5) is 6.88. The summed E-state index contributed by atoms with van der Waals surface area (Å²) in [6.07, 6.45) is 4.89. The SMILES string of the molecule is Cn1ccnc1CN1CCOC[C@@]2(C[C@H](CNc3ccccc3)CO2)C1. The van der Waals surface area contributed by atoms with Crippen LogP contribution in [0.5, 0.6) is 0 Å². The Labute approximate surface area is 155 Å². The number of anilines is 1. The van der Waals surface area contributed by atoms with Crippen molar-refractivity contribution in [3.63, 3.8) is 0 Å². The first-order valence-electron chi connectivity index (χ1n) is 9.42.